The van der Waals surface area contributed by atoms with E-state index in [1.54, 1.807) is 28.3 Å². The molecule has 3 rings (SSSR count). The second-order valence-electron chi connectivity index (χ2n) is 6.04. The number of amides is 1. The third kappa shape index (κ3) is 4.52. The molecule has 2 heterocycles. The SMILES string of the molecule is CC(C)Cn1c(SCC(=O)Nc2nccs2)nc2ccc(Br)cc2c1=O. The van der Waals surface area contributed by atoms with Gasteiger partial charge in [0.2, 0.25) is 5.91 Å². The molecule has 0 aliphatic rings. The maximum absolute atomic E-state index is 12.9. The zero-order valence-electron chi connectivity index (χ0n) is 14.2. The summed E-state index contributed by atoms with van der Waals surface area (Å²) >= 11 is 6.02. The van der Waals surface area contributed by atoms with Gasteiger partial charge < -0.3 is 5.32 Å². The van der Waals surface area contributed by atoms with E-state index in [1.165, 1.54) is 23.1 Å². The molecular weight excluding hydrogens is 436 g/mol. The van der Waals surface area contributed by atoms with E-state index in [1.807, 2.05) is 19.9 Å². The lowest BCUT2D eigenvalue weighted by Crippen LogP contribution is -2.26. The number of carbonyl (C=O) groups is 1. The molecule has 9 heteroatoms. The average molecular weight is 453 g/mol. The number of halogens is 1. The highest BCUT2D eigenvalue weighted by molar-refractivity contribution is 9.10. The number of thiazole rings is 1. The van der Waals surface area contributed by atoms with Crippen molar-refractivity contribution in [2.75, 3.05) is 11.1 Å². The van der Waals surface area contributed by atoms with Crippen LogP contribution in [-0.2, 0) is 11.3 Å². The van der Waals surface area contributed by atoms with E-state index in [2.05, 4.69) is 31.2 Å². The van der Waals surface area contributed by atoms with E-state index in [0.29, 0.717) is 27.7 Å². The summed E-state index contributed by atoms with van der Waals surface area (Å²) in [6, 6.07) is 5.44. The molecule has 2 aromatic heterocycles. The number of rotatable bonds is 6. The Bertz CT molecular complexity index is 986. The highest BCUT2D eigenvalue weighted by Crippen LogP contribution is 2.22. The lowest BCUT2D eigenvalue weighted by Gasteiger charge is -2.15. The van der Waals surface area contributed by atoms with Crippen LogP contribution in [0.1, 0.15) is 13.8 Å². The number of anilines is 1. The predicted molar refractivity (Wildman–Crippen MR) is 110 cm³/mol. The highest BCUT2D eigenvalue weighted by Gasteiger charge is 2.15. The van der Waals surface area contributed by atoms with Gasteiger partial charge in [0.25, 0.3) is 5.56 Å². The predicted octanol–water partition coefficient (Wildman–Crippen LogP) is 4.00. The van der Waals surface area contributed by atoms with Crippen LogP contribution in [0.2, 0.25) is 0 Å². The summed E-state index contributed by atoms with van der Waals surface area (Å²) in [5.74, 6) is 0.264. The van der Waals surface area contributed by atoms with Crippen molar-refractivity contribution < 1.29 is 4.79 Å². The molecule has 0 bridgehead atoms. The van der Waals surface area contributed by atoms with E-state index in [-0.39, 0.29) is 23.1 Å². The summed E-state index contributed by atoms with van der Waals surface area (Å²) in [5.41, 5.74) is 0.536. The number of carbonyl (C=O) groups excluding carboxylic acids is 1. The van der Waals surface area contributed by atoms with Gasteiger partial charge in [0, 0.05) is 22.6 Å². The Hall–Kier alpha value is -1.71. The van der Waals surface area contributed by atoms with Crippen LogP contribution in [-0.4, -0.2) is 26.2 Å². The third-order valence-electron chi connectivity index (χ3n) is 3.44. The van der Waals surface area contributed by atoms with Crippen LogP contribution in [0, 0.1) is 5.92 Å². The molecule has 0 aliphatic carbocycles. The Kier molecular flexibility index (Phi) is 6.10. The van der Waals surface area contributed by atoms with Gasteiger partial charge in [0.1, 0.15) is 0 Å². The number of nitrogens with zero attached hydrogens (tertiary/aromatic N) is 3. The second kappa shape index (κ2) is 8.32. The highest BCUT2D eigenvalue weighted by atomic mass is 79.9. The Labute approximate surface area is 167 Å². The van der Waals surface area contributed by atoms with Crippen molar-refractivity contribution >= 4 is 61.0 Å². The number of nitrogens with one attached hydrogen (secondary N) is 1. The molecule has 0 fully saturated rings. The van der Waals surface area contributed by atoms with Crippen LogP contribution in [0.25, 0.3) is 10.9 Å². The van der Waals surface area contributed by atoms with Gasteiger partial charge in [-0.3, -0.25) is 14.2 Å². The van der Waals surface area contributed by atoms with Crippen molar-refractivity contribution in [2.45, 2.75) is 25.5 Å². The Morgan fingerprint density at radius 1 is 1.42 bits per heavy atom. The summed E-state index contributed by atoms with van der Waals surface area (Å²) in [5, 5.41) is 6.21. The normalized spacial score (nSPS) is 11.2. The maximum Gasteiger partial charge on any atom is 0.262 e. The molecule has 1 amide bonds. The van der Waals surface area contributed by atoms with Gasteiger partial charge in [-0.1, -0.05) is 41.5 Å². The third-order valence-corrected chi connectivity index (χ3v) is 5.60. The monoisotopic (exact) mass is 452 g/mol. The summed E-state index contributed by atoms with van der Waals surface area (Å²) in [6.07, 6.45) is 1.64. The van der Waals surface area contributed by atoms with Crippen molar-refractivity contribution in [2.24, 2.45) is 5.92 Å². The molecule has 0 saturated heterocycles. The van der Waals surface area contributed by atoms with Gasteiger partial charge >= 0.3 is 0 Å². The fourth-order valence-corrected chi connectivity index (χ4v) is 4.09. The molecule has 0 saturated carbocycles. The van der Waals surface area contributed by atoms with E-state index < -0.39 is 0 Å². The lowest BCUT2D eigenvalue weighted by molar-refractivity contribution is -0.113. The number of fused-ring (bicyclic) bond motifs is 1. The van der Waals surface area contributed by atoms with Crippen LogP contribution in [0.4, 0.5) is 5.13 Å². The van der Waals surface area contributed by atoms with Crippen LogP contribution >= 0.6 is 39.0 Å². The van der Waals surface area contributed by atoms with Crippen LogP contribution in [0.5, 0.6) is 0 Å². The van der Waals surface area contributed by atoms with Crippen molar-refractivity contribution in [1.29, 1.82) is 0 Å². The molecule has 1 N–H and O–H groups in total. The first kappa shape index (κ1) is 19.1. The molecule has 0 atom stereocenters. The Morgan fingerprint density at radius 3 is 2.92 bits per heavy atom. The van der Waals surface area contributed by atoms with Crippen LogP contribution in [0.15, 0.2) is 44.2 Å². The van der Waals surface area contributed by atoms with Crippen LogP contribution < -0.4 is 10.9 Å². The molecule has 1 aromatic carbocycles. The topological polar surface area (TPSA) is 76.9 Å². The number of aromatic nitrogens is 3. The smallest absolute Gasteiger partial charge is 0.262 e. The minimum absolute atomic E-state index is 0.0900. The first-order valence-electron chi connectivity index (χ1n) is 7.96. The Balaban J connectivity index is 1.89. The van der Waals surface area contributed by atoms with E-state index >= 15 is 0 Å². The Morgan fingerprint density at radius 2 is 2.23 bits per heavy atom. The molecule has 6 nitrogen and oxygen atoms in total. The van der Waals surface area contributed by atoms with Gasteiger partial charge in [-0.05, 0) is 24.1 Å². The van der Waals surface area contributed by atoms with Gasteiger partial charge in [-0.25, -0.2) is 9.97 Å². The first-order chi connectivity index (χ1) is 12.4. The molecule has 0 radical (unpaired) electrons. The number of hydrogen-bond acceptors (Lipinski definition) is 6. The quantitative estimate of drug-likeness (QED) is 0.451. The minimum Gasteiger partial charge on any atom is -0.301 e. The fraction of sp³-hybridized carbons (Fsp3) is 0.294. The summed E-state index contributed by atoms with van der Waals surface area (Å²) < 4.78 is 2.49. The maximum atomic E-state index is 12.9. The van der Waals surface area contributed by atoms with Gasteiger partial charge in [-0.15, -0.1) is 11.3 Å². The zero-order chi connectivity index (χ0) is 18.7. The minimum atomic E-state index is -0.175. The molecule has 26 heavy (non-hydrogen) atoms. The van der Waals surface area contributed by atoms with Gasteiger partial charge in [0.05, 0.1) is 16.7 Å². The van der Waals surface area contributed by atoms with E-state index in [9.17, 15) is 9.59 Å². The van der Waals surface area contributed by atoms with Gasteiger partial charge in [0.15, 0.2) is 10.3 Å². The first-order valence-corrected chi connectivity index (χ1v) is 10.6. The van der Waals surface area contributed by atoms with Crippen molar-refractivity contribution in [3.63, 3.8) is 0 Å². The fourth-order valence-electron chi connectivity index (χ4n) is 2.38. The standard InChI is InChI=1S/C17H17BrN4O2S2/c1-10(2)8-22-15(24)12-7-11(18)3-4-13(12)20-17(22)26-9-14(23)21-16-19-5-6-25-16/h3-7,10H,8-9H2,1-2H3,(H,19,21,23). The lowest BCUT2D eigenvalue weighted by atomic mass is 10.2. The molecule has 0 spiro atoms. The van der Waals surface area contributed by atoms with Crippen molar-refractivity contribution in [3.05, 3.63) is 44.6 Å². The van der Waals surface area contributed by atoms with Crippen molar-refractivity contribution in [1.82, 2.24) is 14.5 Å². The molecule has 0 unspecified atom stereocenters. The number of thioether (sulfide) groups is 1. The molecule has 0 aliphatic heterocycles. The largest absolute Gasteiger partial charge is 0.301 e. The van der Waals surface area contributed by atoms with Gasteiger partial charge in [-0.2, -0.15) is 0 Å². The summed E-state index contributed by atoms with van der Waals surface area (Å²) in [4.78, 5) is 33.7. The zero-order valence-corrected chi connectivity index (χ0v) is 17.4. The molecule has 136 valence electrons. The van der Waals surface area contributed by atoms with Crippen LogP contribution in [0.3, 0.4) is 0 Å². The average Bonchev–Trinajstić information content (AvgIpc) is 3.09. The van der Waals surface area contributed by atoms with E-state index in [0.717, 1.165) is 4.47 Å². The molecular formula is C17H17BrN4O2S2. The summed E-state index contributed by atoms with van der Waals surface area (Å²) in [7, 11) is 0. The number of hydrogen-bond donors (Lipinski definition) is 1. The van der Waals surface area contributed by atoms with E-state index in [4.69, 9.17) is 0 Å². The van der Waals surface area contributed by atoms with Crippen molar-refractivity contribution in [3.8, 4) is 0 Å². The molecule has 3 aromatic rings. The second-order valence-corrected chi connectivity index (χ2v) is 8.79. The number of benzene rings is 1. The summed E-state index contributed by atoms with van der Waals surface area (Å²) in [6.45, 7) is 4.63.